The van der Waals surface area contributed by atoms with E-state index in [9.17, 15) is 24.6 Å². The van der Waals surface area contributed by atoms with Gasteiger partial charge in [-0.15, -0.1) is 0 Å². The van der Waals surface area contributed by atoms with Crippen molar-refractivity contribution in [2.75, 3.05) is 5.01 Å². The number of hydrogen-bond acceptors (Lipinski definition) is 7. The molecule has 1 atom stereocenters. The van der Waals surface area contributed by atoms with Crippen LogP contribution in [-0.2, 0) is 4.79 Å². The first-order chi connectivity index (χ1) is 18.2. The van der Waals surface area contributed by atoms with E-state index < -0.39 is 17.4 Å². The van der Waals surface area contributed by atoms with Crippen molar-refractivity contribution < 1.29 is 19.8 Å². The lowest BCUT2D eigenvalue weighted by Gasteiger charge is -2.14. The van der Waals surface area contributed by atoms with Crippen molar-refractivity contribution in [1.29, 1.82) is 0 Å². The van der Waals surface area contributed by atoms with E-state index in [-0.39, 0.29) is 28.3 Å². The van der Waals surface area contributed by atoms with Gasteiger partial charge in [0.05, 0.1) is 11.4 Å². The molecule has 38 heavy (non-hydrogen) atoms. The molecular formula is C28H23N5O5. The van der Waals surface area contributed by atoms with Crippen LogP contribution >= 0.6 is 0 Å². The van der Waals surface area contributed by atoms with Gasteiger partial charge in [0.2, 0.25) is 5.43 Å². The molecule has 0 saturated heterocycles. The summed E-state index contributed by atoms with van der Waals surface area (Å²) in [5.74, 6) is -1.82. The van der Waals surface area contributed by atoms with Crippen LogP contribution in [0.2, 0.25) is 0 Å². The Morgan fingerprint density at radius 1 is 1.03 bits per heavy atom. The van der Waals surface area contributed by atoms with Gasteiger partial charge in [-0.25, -0.2) is 4.79 Å². The molecule has 0 aliphatic carbocycles. The molecule has 0 radical (unpaired) electrons. The SMILES string of the molecule is CC1=NN(c2ccc(C)c(C)c2)C(=O)C1N=Nc1cccc(-c2ccc3c(=O)c(C(=O)O)c[nH]c3c2)c1O. The van der Waals surface area contributed by atoms with Crippen molar-refractivity contribution in [2.24, 2.45) is 15.3 Å². The zero-order valence-electron chi connectivity index (χ0n) is 20.8. The number of benzene rings is 3. The Balaban J connectivity index is 1.44. The molecule has 0 fully saturated rings. The number of phenolic OH excluding ortho intramolecular Hbond substituents is 1. The fraction of sp³-hybridized carbons (Fsp3) is 0.143. The number of aromatic nitrogens is 1. The van der Waals surface area contributed by atoms with Crippen LogP contribution in [0.3, 0.4) is 0 Å². The zero-order valence-corrected chi connectivity index (χ0v) is 20.8. The van der Waals surface area contributed by atoms with Crippen molar-refractivity contribution >= 4 is 39.9 Å². The Labute approximate surface area is 216 Å². The predicted octanol–water partition coefficient (Wildman–Crippen LogP) is 5.09. The van der Waals surface area contributed by atoms with Gasteiger partial charge in [0.25, 0.3) is 5.91 Å². The first kappa shape index (κ1) is 24.6. The average Bonchev–Trinajstić information content (AvgIpc) is 3.17. The molecule has 1 aromatic heterocycles. The van der Waals surface area contributed by atoms with E-state index in [1.54, 1.807) is 37.3 Å². The number of hydrazone groups is 1. The van der Waals surface area contributed by atoms with Crippen LogP contribution in [0.25, 0.3) is 22.0 Å². The Kier molecular flexibility index (Phi) is 6.08. The smallest absolute Gasteiger partial charge is 0.341 e. The molecule has 0 saturated carbocycles. The van der Waals surface area contributed by atoms with E-state index in [0.29, 0.717) is 28.0 Å². The van der Waals surface area contributed by atoms with Crippen molar-refractivity contribution in [1.82, 2.24) is 4.98 Å². The number of azo groups is 1. The number of amides is 1. The summed E-state index contributed by atoms with van der Waals surface area (Å²) in [6.07, 6.45) is 1.14. The molecule has 10 nitrogen and oxygen atoms in total. The third kappa shape index (κ3) is 4.21. The molecule has 3 aromatic carbocycles. The second-order valence-electron chi connectivity index (χ2n) is 9.05. The molecule has 10 heteroatoms. The van der Waals surface area contributed by atoms with Crippen LogP contribution in [0.1, 0.15) is 28.4 Å². The molecule has 190 valence electrons. The van der Waals surface area contributed by atoms with Crippen molar-refractivity contribution in [3.8, 4) is 16.9 Å². The lowest BCUT2D eigenvalue weighted by molar-refractivity contribution is -0.117. The van der Waals surface area contributed by atoms with Crippen LogP contribution in [0.15, 0.2) is 80.9 Å². The van der Waals surface area contributed by atoms with Gasteiger partial charge < -0.3 is 15.2 Å². The minimum absolute atomic E-state index is 0.155. The second-order valence-corrected chi connectivity index (χ2v) is 9.05. The van der Waals surface area contributed by atoms with Crippen LogP contribution in [-0.4, -0.2) is 38.8 Å². The highest BCUT2D eigenvalue weighted by atomic mass is 16.4. The molecule has 5 rings (SSSR count). The number of pyridine rings is 1. The van der Waals surface area contributed by atoms with Gasteiger partial charge in [-0.05, 0) is 67.8 Å². The Morgan fingerprint density at radius 3 is 2.55 bits per heavy atom. The van der Waals surface area contributed by atoms with Gasteiger partial charge in [0.1, 0.15) is 11.3 Å². The standard InChI is InChI=1S/C28H23N5O5/c1-14-7-9-18(11-15(14)2)33-27(36)24(16(3)32-33)31-30-22-6-4-5-19(26(22)35)17-8-10-20-23(12-17)29-13-21(25(20)34)28(37)38/h4-13,24,35H,1-3H3,(H,29,34)(H,37,38). The van der Waals surface area contributed by atoms with Crippen LogP contribution < -0.4 is 10.4 Å². The molecule has 1 aliphatic heterocycles. The summed E-state index contributed by atoms with van der Waals surface area (Å²) in [4.78, 5) is 39.6. The number of aromatic amines is 1. The average molecular weight is 510 g/mol. The fourth-order valence-electron chi connectivity index (χ4n) is 4.25. The van der Waals surface area contributed by atoms with E-state index in [4.69, 9.17) is 0 Å². The quantitative estimate of drug-likeness (QED) is 0.321. The van der Waals surface area contributed by atoms with E-state index in [1.165, 1.54) is 11.1 Å². The van der Waals surface area contributed by atoms with Gasteiger partial charge in [0, 0.05) is 22.7 Å². The number of aromatic hydroxyl groups is 1. The second kappa shape index (κ2) is 9.40. The van der Waals surface area contributed by atoms with Gasteiger partial charge >= 0.3 is 5.97 Å². The molecule has 1 aliphatic rings. The summed E-state index contributed by atoms with van der Waals surface area (Å²) in [5, 5.41) is 34.4. The highest BCUT2D eigenvalue weighted by molar-refractivity contribution is 6.18. The molecule has 1 amide bonds. The summed E-state index contributed by atoms with van der Waals surface area (Å²) < 4.78 is 0. The first-order valence-corrected chi connectivity index (χ1v) is 11.7. The third-order valence-corrected chi connectivity index (χ3v) is 6.55. The number of nitrogens with zero attached hydrogens (tertiary/aromatic N) is 4. The maximum absolute atomic E-state index is 13.1. The summed E-state index contributed by atoms with van der Waals surface area (Å²) in [7, 11) is 0. The number of carboxylic acids is 1. The van der Waals surface area contributed by atoms with Gasteiger partial charge in [-0.2, -0.15) is 20.3 Å². The van der Waals surface area contributed by atoms with Crippen LogP contribution in [0.5, 0.6) is 5.75 Å². The molecule has 0 bridgehead atoms. The molecule has 2 heterocycles. The van der Waals surface area contributed by atoms with Crippen molar-refractivity contribution in [3.63, 3.8) is 0 Å². The number of para-hydroxylation sites is 1. The monoisotopic (exact) mass is 509 g/mol. The molecule has 1 unspecified atom stereocenters. The lowest BCUT2D eigenvalue weighted by Crippen LogP contribution is -2.29. The molecular weight excluding hydrogens is 486 g/mol. The Hall–Kier alpha value is -5.12. The highest BCUT2D eigenvalue weighted by Crippen LogP contribution is 2.38. The van der Waals surface area contributed by atoms with Crippen molar-refractivity contribution in [2.45, 2.75) is 26.8 Å². The van der Waals surface area contributed by atoms with Gasteiger partial charge in [-0.3, -0.25) is 9.59 Å². The first-order valence-electron chi connectivity index (χ1n) is 11.7. The number of rotatable bonds is 5. The van der Waals surface area contributed by atoms with E-state index >= 15 is 0 Å². The number of carbonyl (C=O) groups excluding carboxylic acids is 1. The Morgan fingerprint density at radius 2 is 1.82 bits per heavy atom. The number of carbonyl (C=O) groups is 2. The van der Waals surface area contributed by atoms with Crippen LogP contribution in [0, 0.1) is 13.8 Å². The minimum Gasteiger partial charge on any atom is -0.505 e. The number of fused-ring (bicyclic) bond motifs is 1. The molecule has 0 spiro atoms. The number of phenols is 1. The third-order valence-electron chi connectivity index (χ3n) is 6.55. The summed E-state index contributed by atoms with van der Waals surface area (Å²) >= 11 is 0. The maximum atomic E-state index is 13.1. The summed E-state index contributed by atoms with van der Waals surface area (Å²) in [5.41, 5.74) is 3.88. The van der Waals surface area contributed by atoms with E-state index in [2.05, 4.69) is 20.3 Å². The summed E-state index contributed by atoms with van der Waals surface area (Å²) in [6.45, 7) is 5.65. The lowest BCUT2D eigenvalue weighted by atomic mass is 10.0. The number of nitrogens with one attached hydrogen (secondary N) is 1. The van der Waals surface area contributed by atoms with Gasteiger partial charge in [-0.1, -0.05) is 24.3 Å². The number of anilines is 1. The van der Waals surface area contributed by atoms with Crippen LogP contribution in [0.4, 0.5) is 11.4 Å². The molecule has 3 N–H and O–H groups in total. The number of hydrogen-bond donors (Lipinski definition) is 3. The normalized spacial score (nSPS) is 15.4. The highest BCUT2D eigenvalue weighted by Gasteiger charge is 2.35. The zero-order chi connectivity index (χ0) is 27.1. The van der Waals surface area contributed by atoms with Gasteiger partial charge in [0.15, 0.2) is 11.8 Å². The van der Waals surface area contributed by atoms with E-state index in [0.717, 1.165) is 17.3 Å². The largest absolute Gasteiger partial charge is 0.505 e. The summed E-state index contributed by atoms with van der Waals surface area (Å²) in [6, 6.07) is 14.4. The van der Waals surface area contributed by atoms with E-state index in [1.807, 2.05) is 32.0 Å². The Bertz CT molecular complexity index is 1750. The number of H-pyrrole nitrogens is 1. The van der Waals surface area contributed by atoms with Crippen molar-refractivity contribution in [3.05, 3.63) is 87.7 Å². The minimum atomic E-state index is -1.31. The topological polar surface area (TPSA) is 148 Å². The number of carboxylic acid groups (broad SMARTS) is 1. The predicted molar refractivity (Wildman–Crippen MR) is 143 cm³/mol. The molecule has 4 aromatic rings. The number of aromatic carboxylic acids is 1. The maximum Gasteiger partial charge on any atom is 0.341 e. The fourth-order valence-corrected chi connectivity index (χ4v) is 4.25. The number of aryl methyl sites for hydroxylation is 2.